The number of amides is 1. The average Bonchev–Trinajstić information content (AvgIpc) is 3.25. The topological polar surface area (TPSA) is 59.8 Å². The van der Waals surface area contributed by atoms with Crippen molar-refractivity contribution in [3.05, 3.63) is 42.2 Å². The van der Waals surface area contributed by atoms with Crippen molar-refractivity contribution in [2.24, 2.45) is 5.92 Å². The number of hydrogen-bond donors (Lipinski definition) is 1. The molecule has 114 valence electrons. The number of carbonyl (C=O) groups is 1. The van der Waals surface area contributed by atoms with Gasteiger partial charge in [-0.05, 0) is 44.7 Å². The molecule has 0 bridgehead atoms. The molecule has 1 aromatic heterocycles. The van der Waals surface area contributed by atoms with E-state index in [4.69, 9.17) is 0 Å². The minimum absolute atomic E-state index is 0.0708. The highest BCUT2D eigenvalue weighted by Crippen LogP contribution is 2.35. The van der Waals surface area contributed by atoms with E-state index in [1.807, 2.05) is 42.7 Å². The maximum absolute atomic E-state index is 12.1. The molecule has 3 rings (SSSR count). The molecule has 1 amide bonds. The molecule has 0 aliphatic heterocycles. The van der Waals surface area contributed by atoms with E-state index in [1.165, 1.54) is 18.4 Å². The summed E-state index contributed by atoms with van der Waals surface area (Å²) in [4.78, 5) is 12.1. The summed E-state index contributed by atoms with van der Waals surface area (Å²) in [6.07, 6.45) is 5.83. The summed E-state index contributed by atoms with van der Waals surface area (Å²) in [5.41, 5.74) is 2.88. The lowest BCUT2D eigenvalue weighted by Crippen LogP contribution is -2.09. The lowest BCUT2D eigenvalue weighted by molar-refractivity contribution is -0.112. The van der Waals surface area contributed by atoms with Crippen LogP contribution in [0.4, 0.5) is 5.69 Å². The molecule has 0 radical (unpaired) electrons. The summed E-state index contributed by atoms with van der Waals surface area (Å²) < 4.78 is 1.97. The minimum Gasteiger partial charge on any atom is -0.322 e. The van der Waals surface area contributed by atoms with E-state index in [2.05, 4.69) is 15.5 Å². The number of rotatable bonds is 5. The minimum atomic E-state index is -0.0708. The van der Waals surface area contributed by atoms with Gasteiger partial charge in [0.05, 0.1) is 0 Å². The number of aryl methyl sites for hydroxylation is 1. The van der Waals surface area contributed by atoms with Gasteiger partial charge in [-0.25, -0.2) is 0 Å². The van der Waals surface area contributed by atoms with Crippen LogP contribution in [-0.2, 0) is 11.3 Å². The molecule has 0 unspecified atom stereocenters. The Bertz CT molecular complexity index is 713. The van der Waals surface area contributed by atoms with Gasteiger partial charge in [-0.2, -0.15) is 0 Å². The molecule has 5 heteroatoms. The van der Waals surface area contributed by atoms with Crippen LogP contribution in [0.2, 0.25) is 0 Å². The standard InChI is InChI=1S/C17H20N4O/c1-3-21-11-18-20-17(21)14-5-4-6-15(10-14)19-16(22)9-12(2)13-7-8-13/h4-6,9-11,13H,3,7-8H2,1-2H3,(H,19,22)/b12-9-. The zero-order valence-corrected chi connectivity index (χ0v) is 12.9. The fraction of sp³-hybridized carbons (Fsp3) is 0.353. The fourth-order valence-electron chi connectivity index (χ4n) is 2.49. The van der Waals surface area contributed by atoms with Crippen molar-refractivity contribution in [1.82, 2.24) is 14.8 Å². The Morgan fingerprint density at radius 3 is 3.00 bits per heavy atom. The summed E-state index contributed by atoms with van der Waals surface area (Å²) in [6, 6.07) is 7.69. The highest BCUT2D eigenvalue weighted by atomic mass is 16.1. The van der Waals surface area contributed by atoms with Gasteiger partial charge in [-0.3, -0.25) is 4.79 Å². The number of nitrogens with zero attached hydrogens (tertiary/aromatic N) is 3. The van der Waals surface area contributed by atoms with Gasteiger partial charge < -0.3 is 9.88 Å². The van der Waals surface area contributed by atoms with Crippen LogP contribution in [0.25, 0.3) is 11.4 Å². The number of aromatic nitrogens is 3. The summed E-state index contributed by atoms with van der Waals surface area (Å²) in [7, 11) is 0. The van der Waals surface area contributed by atoms with Crippen molar-refractivity contribution in [3.63, 3.8) is 0 Å². The molecular formula is C17H20N4O. The van der Waals surface area contributed by atoms with Crippen LogP contribution in [0.15, 0.2) is 42.2 Å². The molecule has 2 aromatic rings. The predicted molar refractivity (Wildman–Crippen MR) is 86.2 cm³/mol. The highest BCUT2D eigenvalue weighted by Gasteiger charge is 2.23. The lowest BCUT2D eigenvalue weighted by Gasteiger charge is -2.07. The van der Waals surface area contributed by atoms with Gasteiger partial charge in [-0.15, -0.1) is 10.2 Å². The normalized spacial score (nSPS) is 14.9. The van der Waals surface area contributed by atoms with Gasteiger partial charge in [0.15, 0.2) is 5.82 Å². The zero-order chi connectivity index (χ0) is 15.5. The van der Waals surface area contributed by atoms with E-state index in [0.29, 0.717) is 5.92 Å². The Morgan fingerprint density at radius 1 is 1.45 bits per heavy atom. The molecule has 0 atom stereocenters. The Hall–Kier alpha value is -2.43. The summed E-state index contributed by atoms with van der Waals surface area (Å²) in [5.74, 6) is 1.35. The number of benzene rings is 1. The van der Waals surface area contributed by atoms with Gasteiger partial charge in [0.1, 0.15) is 6.33 Å². The summed E-state index contributed by atoms with van der Waals surface area (Å²) in [6.45, 7) is 4.88. The first-order valence-electron chi connectivity index (χ1n) is 7.64. The third kappa shape index (κ3) is 3.24. The molecule has 0 saturated heterocycles. The molecule has 1 fully saturated rings. The molecule has 1 aliphatic carbocycles. The molecule has 0 spiro atoms. The lowest BCUT2D eigenvalue weighted by atomic mass is 10.1. The van der Waals surface area contributed by atoms with Crippen LogP contribution in [0.5, 0.6) is 0 Å². The highest BCUT2D eigenvalue weighted by molar-refractivity contribution is 6.00. The first-order chi connectivity index (χ1) is 10.7. The largest absolute Gasteiger partial charge is 0.322 e. The van der Waals surface area contributed by atoms with Gasteiger partial charge in [0, 0.05) is 23.9 Å². The number of carbonyl (C=O) groups excluding carboxylic acids is 1. The van der Waals surface area contributed by atoms with E-state index in [-0.39, 0.29) is 5.91 Å². The van der Waals surface area contributed by atoms with Crippen molar-refractivity contribution in [2.75, 3.05) is 5.32 Å². The molecule has 1 aliphatic rings. The van der Waals surface area contributed by atoms with Crippen LogP contribution in [0, 0.1) is 5.92 Å². The van der Waals surface area contributed by atoms with Gasteiger partial charge in [0.25, 0.3) is 0 Å². The third-order valence-corrected chi connectivity index (χ3v) is 3.92. The molecule has 5 nitrogen and oxygen atoms in total. The maximum atomic E-state index is 12.1. The van der Waals surface area contributed by atoms with Crippen LogP contribution < -0.4 is 5.32 Å². The van der Waals surface area contributed by atoms with Crippen molar-refractivity contribution >= 4 is 11.6 Å². The van der Waals surface area contributed by atoms with Crippen LogP contribution in [0.1, 0.15) is 26.7 Å². The number of hydrogen-bond acceptors (Lipinski definition) is 3. The Balaban J connectivity index is 1.76. The molecule has 22 heavy (non-hydrogen) atoms. The summed E-state index contributed by atoms with van der Waals surface area (Å²) >= 11 is 0. The molecule has 1 N–H and O–H groups in total. The van der Waals surface area contributed by atoms with Crippen LogP contribution in [-0.4, -0.2) is 20.7 Å². The first-order valence-corrected chi connectivity index (χ1v) is 7.64. The van der Waals surface area contributed by atoms with Crippen molar-refractivity contribution in [1.29, 1.82) is 0 Å². The van der Waals surface area contributed by atoms with Crippen molar-refractivity contribution < 1.29 is 4.79 Å². The molecule has 1 aromatic carbocycles. The van der Waals surface area contributed by atoms with E-state index >= 15 is 0 Å². The molecular weight excluding hydrogens is 276 g/mol. The van der Waals surface area contributed by atoms with E-state index in [0.717, 1.165) is 23.6 Å². The SMILES string of the molecule is CCn1cnnc1-c1cccc(NC(=O)/C=C(/C)C2CC2)c1. The van der Waals surface area contributed by atoms with E-state index in [9.17, 15) is 4.79 Å². The average molecular weight is 296 g/mol. The smallest absolute Gasteiger partial charge is 0.248 e. The van der Waals surface area contributed by atoms with Crippen LogP contribution in [0.3, 0.4) is 0 Å². The van der Waals surface area contributed by atoms with Crippen molar-refractivity contribution in [2.45, 2.75) is 33.2 Å². The number of allylic oxidation sites excluding steroid dienone is 1. The number of nitrogens with one attached hydrogen (secondary N) is 1. The maximum Gasteiger partial charge on any atom is 0.248 e. The monoisotopic (exact) mass is 296 g/mol. The van der Waals surface area contributed by atoms with Crippen LogP contribution >= 0.6 is 0 Å². The third-order valence-electron chi connectivity index (χ3n) is 3.92. The van der Waals surface area contributed by atoms with E-state index in [1.54, 1.807) is 12.4 Å². The van der Waals surface area contributed by atoms with Crippen molar-refractivity contribution in [3.8, 4) is 11.4 Å². The fourth-order valence-corrected chi connectivity index (χ4v) is 2.49. The Labute approximate surface area is 130 Å². The van der Waals surface area contributed by atoms with E-state index < -0.39 is 0 Å². The van der Waals surface area contributed by atoms with Gasteiger partial charge in [0.2, 0.25) is 5.91 Å². The second-order valence-corrected chi connectivity index (χ2v) is 5.67. The molecule has 1 saturated carbocycles. The number of anilines is 1. The van der Waals surface area contributed by atoms with Gasteiger partial charge >= 0.3 is 0 Å². The Morgan fingerprint density at radius 2 is 2.27 bits per heavy atom. The quantitative estimate of drug-likeness (QED) is 0.862. The molecule has 1 heterocycles. The predicted octanol–water partition coefficient (Wildman–Crippen LogP) is 3.26. The second-order valence-electron chi connectivity index (χ2n) is 5.67. The second kappa shape index (κ2) is 6.13. The Kier molecular flexibility index (Phi) is 4.04. The first kappa shape index (κ1) is 14.5. The zero-order valence-electron chi connectivity index (χ0n) is 12.9. The van der Waals surface area contributed by atoms with Gasteiger partial charge in [-0.1, -0.05) is 17.7 Å². The summed E-state index contributed by atoms with van der Waals surface area (Å²) in [5, 5.41) is 11.0.